The molecule has 0 saturated heterocycles. The van der Waals surface area contributed by atoms with Crippen LogP contribution in [0.1, 0.15) is 11.1 Å². The van der Waals surface area contributed by atoms with Crippen molar-refractivity contribution in [1.82, 2.24) is 9.88 Å². The zero-order valence-corrected chi connectivity index (χ0v) is 19.9. The van der Waals surface area contributed by atoms with Crippen LogP contribution in [0, 0.1) is 13.8 Å². The molecule has 0 fully saturated rings. The molecule has 0 atom stereocenters. The normalized spacial score (nSPS) is 11.5. The Bertz CT molecular complexity index is 1130. The molecule has 0 radical (unpaired) electrons. The predicted molar refractivity (Wildman–Crippen MR) is 126 cm³/mol. The zero-order valence-electron chi connectivity index (χ0n) is 17.5. The molecule has 9 heteroatoms. The van der Waals surface area contributed by atoms with E-state index in [0.717, 1.165) is 21.3 Å². The maximum Gasteiger partial charge on any atom is 0.244 e. The number of sulfone groups is 1. The molecule has 0 aliphatic carbocycles. The summed E-state index contributed by atoms with van der Waals surface area (Å²) >= 11 is 1.41. The van der Waals surface area contributed by atoms with Crippen molar-refractivity contribution in [2.75, 3.05) is 37.8 Å². The summed E-state index contributed by atoms with van der Waals surface area (Å²) < 4.78 is 26.4. The van der Waals surface area contributed by atoms with Crippen LogP contribution in [0.25, 0.3) is 10.2 Å². The largest absolute Gasteiger partial charge is 0.308 e. The van der Waals surface area contributed by atoms with Crippen molar-refractivity contribution < 1.29 is 13.2 Å². The van der Waals surface area contributed by atoms with Crippen molar-refractivity contribution in [3.8, 4) is 0 Å². The summed E-state index contributed by atoms with van der Waals surface area (Å²) in [6.07, 6.45) is 0. The molecule has 3 aromatic rings. The molecule has 1 amide bonds. The molecule has 0 unspecified atom stereocenters. The number of hydrogen-bond donors (Lipinski definition) is 0. The number of amides is 1. The van der Waals surface area contributed by atoms with E-state index >= 15 is 0 Å². The van der Waals surface area contributed by atoms with E-state index in [-0.39, 0.29) is 17.3 Å². The minimum absolute atomic E-state index is 0. The molecule has 0 aliphatic rings. The van der Waals surface area contributed by atoms with Gasteiger partial charge in [0.05, 0.1) is 15.1 Å². The van der Waals surface area contributed by atoms with Gasteiger partial charge in [0.2, 0.25) is 5.91 Å². The fourth-order valence-corrected chi connectivity index (χ4v) is 5.20. The molecular weight excluding hydrogens is 442 g/mol. The summed E-state index contributed by atoms with van der Waals surface area (Å²) in [5, 5.41) is 0.531. The van der Waals surface area contributed by atoms with Gasteiger partial charge in [0.25, 0.3) is 0 Å². The monoisotopic (exact) mass is 467 g/mol. The molecule has 0 saturated carbocycles. The molecule has 6 nitrogen and oxygen atoms in total. The lowest BCUT2D eigenvalue weighted by Gasteiger charge is -2.22. The molecule has 0 spiro atoms. The fraction of sp³-hybridized carbons (Fsp3) is 0.333. The average molecular weight is 468 g/mol. The van der Waals surface area contributed by atoms with Gasteiger partial charge in [0, 0.05) is 13.1 Å². The number of aryl methyl sites for hydroxylation is 2. The number of rotatable bonds is 7. The third-order valence-electron chi connectivity index (χ3n) is 4.79. The minimum atomic E-state index is -3.72. The van der Waals surface area contributed by atoms with Crippen molar-refractivity contribution in [1.29, 1.82) is 0 Å². The molecule has 3 rings (SSSR count). The number of thiazole rings is 1. The van der Waals surface area contributed by atoms with E-state index in [1.165, 1.54) is 28.4 Å². The van der Waals surface area contributed by atoms with E-state index in [9.17, 15) is 13.2 Å². The van der Waals surface area contributed by atoms with Gasteiger partial charge in [-0.3, -0.25) is 9.69 Å². The summed E-state index contributed by atoms with van der Waals surface area (Å²) in [7, 11) is 0.0999. The smallest absolute Gasteiger partial charge is 0.244 e. The number of carbonyl (C=O) groups excluding carboxylic acids is 1. The summed E-state index contributed by atoms with van der Waals surface area (Å²) in [4.78, 5) is 21.4. The molecule has 162 valence electrons. The lowest BCUT2D eigenvalue weighted by atomic mass is 10.1. The summed E-state index contributed by atoms with van der Waals surface area (Å²) in [5.74, 6) is -1.05. The number of nitrogens with zero attached hydrogens (tertiary/aromatic N) is 3. The van der Waals surface area contributed by atoms with Gasteiger partial charge < -0.3 is 4.90 Å². The lowest BCUT2D eigenvalue weighted by molar-refractivity contribution is -0.116. The third-order valence-corrected chi connectivity index (χ3v) is 7.45. The highest BCUT2D eigenvalue weighted by molar-refractivity contribution is 7.92. The van der Waals surface area contributed by atoms with E-state index in [1.54, 1.807) is 18.2 Å². The van der Waals surface area contributed by atoms with Crippen molar-refractivity contribution in [3.05, 3.63) is 53.6 Å². The number of halogens is 1. The molecule has 0 aliphatic heterocycles. The van der Waals surface area contributed by atoms with Gasteiger partial charge in [-0.25, -0.2) is 13.4 Å². The Kier molecular flexibility index (Phi) is 7.99. The second kappa shape index (κ2) is 9.87. The summed E-state index contributed by atoms with van der Waals surface area (Å²) in [6, 6.07) is 12.1. The number of aromatic nitrogens is 1. The fourth-order valence-electron chi connectivity index (χ4n) is 2.91. The van der Waals surface area contributed by atoms with Crippen LogP contribution in [0.4, 0.5) is 5.13 Å². The van der Waals surface area contributed by atoms with E-state index in [4.69, 9.17) is 0 Å². The molecule has 0 bridgehead atoms. The van der Waals surface area contributed by atoms with Crippen LogP contribution in [0.3, 0.4) is 0 Å². The van der Waals surface area contributed by atoms with Crippen molar-refractivity contribution in [2.45, 2.75) is 18.7 Å². The van der Waals surface area contributed by atoms with Crippen LogP contribution in [0.2, 0.25) is 0 Å². The van der Waals surface area contributed by atoms with Gasteiger partial charge in [-0.05, 0) is 57.3 Å². The minimum Gasteiger partial charge on any atom is -0.308 e. The number of carbonyl (C=O) groups is 1. The topological polar surface area (TPSA) is 70.6 Å². The highest BCUT2D eigenvalue weighted by Gasteiger charge is 2.26. The lowest BCUT2D eigenvalue weighted by Crippen LogP contribution is -2.40. The maximum atomic E-state index is 13.1. The first-order valence-corrected chi connectivity index (χ1v) is 11.8. The highest BCUT2D eigenvalue weighted by atomic mass is 35.5. The van der Waals surface area contributed by atoms with Crippen LogP contribution >= 0.6 is 23.7 Å². The van der Waals surface area contributed by atoms with E-state index < -0.39 is 21.5 Å². The standard InChI is InChI=1S/C21H25N3O3S2.ClH/c1-15-10-11-18-20(16(15)2)22-21(28-18)24(13-12-23(3)4)19(25)14-29(26,27)17-8-6-5-7-9-17;/h5-11H,12-14H2,1-4H3;1H. The first-order valence-electron chi connectivity index (χ1n) is 9.28. The van der Waals surface area contributed by atoms with Crippen molar-refractivity contribution in [2.24, 2.45) is 0 Å². The first-order chi connectivity index (χ1) is 13.7. The van der Waals surface area contributed by atoms with E-state index in [2.05, 4.69) is 4.98 Å². The van der Waals surface area contributed by atoms with Crippen LogP contribution in [0.5, 0.6) is 0 Å². The molecule has 0 N–H and O–H groups in total. The Morgan fingerprint density at radius 3 is 2.33 bits per heavy atom. The van der Waals surface area contributed by atoms with Gasteiger partial charge in [-0.1, -0.05) is 35.6 Å². The number of anilines is 1. The molecular formula is C21H26ClN3O3S2. The highest BCUT2D eigenvalue weighted by Crippen LogP contribution is 2.32. The summed E-state index contributed by atoms with van der Waals surface area (Å²) in [6.45, 7) is 5.00. The van der Waals surface area contributed by atoms with E-state index in [1.807, 2.05) is 45.0 Å². The molecule has 1 aromatic heterocycles. The molecule has 1 heterocycles. The molecule has 2 aromatic carbocycles. The Balaban J connectivity index is 0.00000320. The second-order valence-electron chi connectivity index (χ2n) is 7.27. The Morgan fingerprint density at radius 1 is 1.03 bits per heavy atom. The third kappa shape index (κ3) is 5.37. The zero-order chi connectivity index (χ0) is 21.2. The Labute approximate surface area is 187 Å². The second-order valence-corrected chi connectivity index (χ2v) is 10.3. The van der Waals surface area contributed by atoms with Crippen LogP contribution in [-0.4, -0.2) is 57.1 Å². The average Bonchev–Trinajstić information content (AvgIpc) is 3.10. The van der Waals surface area contributed by atoms with Gasteiger partial charge in [0.15, 0.2) is 15.0 Å². The van der Waals surface area contributed by atoms with Gasteiger partial charge in [0.1, 0.15) is 5.75 Å². The number of benzene rings is 2. The van der Waals surface area contributed by atoms with Crippen LogP contribution in [0.15, 0.2) is 47.4 Å². The van der Waals surface area contributed by atoms with Crippen LogP contribution < -0.4 is 4.90 Å². The number of likely N-dealkylation sites (N-methyl/N-ethyl adjacent to an activating group) is 1. The number of hydrogen-bond acceptors (Lipinski definition) is 6. The summed E-state index contributed by atoms with van der Waals surface area (Å²) in [5.41, 5.74) is 3.06. The SMILES string of the molecule is Cc1ccc2sc(N(CCN(C)C)C(=O)CS(=O)(=O)c3ccccc3)nc2c1C.Cl. The Morgan fingerprint density at radius 2 is 1.70 bits per heavy atom. The van der Waals surface area contributed by atoms with Gasteiger partial charge >= 0.3 is 0 Å². The molecule has 30 heavy (non-hydrogen) atoms. The Hall–Kier alpha value is -2.00. The van der Waals surface area contributed by atoms with E-state index in [0.29, 0.717) is 18.2 Å². The van der Waals surface area contributed by atoms with Crippen molar-refractivity contribution in [3.63, 3.8) is 0 Å². The van der Waals surface area contributed by atoms with Gasteiger partial charge in [-0.2, -0.15) is 0 Å². The van der Waals surface area contributed by atoms with Crippen LogP contribution in [-0.2, 0) is 14.6 Å². The van der Waals surface area contributed by atoms with Crippen molar-refractivity contribution >= 4 is 54.8 Å². The predicted octanol–water partition coefficient (Wildman–Crippen LogP) is 3.70. The van der Waals surface area contributed by atoms with Gasteiger partial charge in [-0.15, -0.1) is 12.4 Å². The maximum absolute atomic E-state index is 13.1. The first kappa shape index (κ1) is 24.3. The quantitative estimate of drug-likeness (QED) is 0.529. The number of fused-ring (bicyclic) bond motifs is 1.